The molecule has 0 aliphatic carbocycles. The van der Waals surface area contributed by atoms with Crippen LogP contribution in [0, 0.1) is 0 Å². The van der Waals surface area contributed by atoms with Crippen LogP contribution in [0.3, 0.4) is 0 Å². The third kappa shape index (κ3) is 7.18. The molecule has 6 rings (SSSR count). The third-order valence-electron chi connectivity index (χ3n) is 7.43. The molecule has 0 unspecified atom stereocenters. The number of carbonyl (C=O) groups is 1. The Morgan fingerprint density at radius 2 is 1.02 bits per heavy atom. The second-order valence-electron chi connectivity index (χ2n) is 10.5. The maximum Gasteiger partial charge on any atom is 0.354 e. The van der Waals surface area contributed by atoms with Gasteiger partial charge in [0.15, 0.2) is 0 Å². The number of hydrogen-bond acceptors (Lipinski definition) is 3. The molecule has 0 radical (unpaired) electrons. The lowest BCUT2D eigenvalue weighted by Gasteiger charge is -2.19. The van der Waals surface area contributed by atoms with Crippen LogP contribution in [0.25, 0.3) is 11.5 Å². The van der Waals surface area contributed by atoms with Crippen LogP contribution in [0.4, 0.5) is 0 Å². The monoisotopic (exact) mass is 583 g/mol. The van der Waals surface area contributed by atoms with Crippen molar-refractivity contribution in [2.45, 2.75) is 0 Å². The van der Waals surface area contributed by atoms with E-state index in [0.29, 0.717) is 17.1 Å². The van der Waals surface area contributed by atoms with Crippen LogP contribution in [-0.2, 0) is 9.53 Å². The fraction of sp³-hybridized carbons (Fsp3) is 0. The summed E-state index contributed by atoms with van der Waals surface area (Å²) in [4.78, 5) is 17.6. The van der Waals surface area contributed by atoms with Gasteiger partial charge in [-0.3, -0.25) is 4.99 Å². The number of aliphatic imine (C=N–C) groups is 1. The highest BCUT2D eigenvalue weighted by Gasteiger charge is 2.27. The van der Waals surface area contributed by atoms with Gasteiger partial charge in [0.25, 0.3) is 6.71 Å². The van der Waals surface area contributed by atoms with Crippen LogP contribution in [0.15, 0.2) is 192 Å². The van der Waals surface area contributed by atoms with E-state index in [1.165, 1.54) is 0 Å². The lowest BCUT2D eigenvalue weighted by Crippen LogP contribution is -2.49. The van der Waals surface area contributed by atoms with Crippen LogP contribution < -0.4 is 10.9 Å². The number of rotatable bonds is 9. The Kier molecular flexibility index (Phi) is 9.08. The minimum absolute atomic E-state index is 0.0750. The van der Waals surface area contributed by atoms with E-state index in [1.807, 2.05) is 140 Å². The molecule has 45 heavy (non-hydrogen) atoms. The highest BCUT2D eigenvalue weighted by atomic mass is 16.5. The average molecular weight is 583 g/mol. The first-order valence-electron chi connectivity index (χ1n) is 14.8. The van der Waals surface area contributed by atoms with E-state index in [0.717, 1.165) is 33.2 Å². The lowest BCUT2D eigenvalue weighted by atomic mass is 9.36. The number of ether oxygens (including phenoxy) is 1. The molecule has 0 amide bonds. The van der Waals surface area contributed by atoms with Crippen molar-refractivity contribution < 1.29 is 14.6 Å². The molecule has 4 nitrogen and oxygen atoms in total. The molecule has 0 aromatic heterocycles. The van der Waals surface area contributed by atoms with Crippen molar-refractivity contribution in [3.63, 3.8) is 0 Å². The normalized spacial score (nSPS) is 13.3. The Labute approximate surface area is 263 Å². The summed E-state index contributed by atoms with van der Waals surface area (Å²) in [7, 11) is 0. The van der Waals surface area contributed by atoms with Crippen LogP contribution >= 0.6 is 0 Å². The standard InChI is InChI=1S/C40H30BNO3/c43-40(44)36(27-26-30-28-37(31-16-6-1-7-17-31)45-38(29-30)32-18-8-2-9-19-32)42-39(33-20-10-3-11-21-33)41(34-22-12-4-13-23-34)35-24-14-5-15-25-35/h1-29H,(H,43,44)/b36-27-,42-39+. The van der Waals surface area contributed by atoms with E-state index in [1.54, 1.807) is 12.2 Å². The van der Waals surface area contributed by atoms with E-state index in [2.05, 4.69) is 24.3 Å². The molecule has 5 aromatic carbocycles. The molecule has 216 valence electrons. The quantitative estimate of drug-likeness (QED) is 0.112. The third-order valence-corrected chi connectivity index (χ3v) is 7.43. The number of benzene rings is 5. The SMILES string of the molecule is O=C(O)C(=C/C=C1C=C(c2ccccc2)OC(c2ccccc2)=C1)/N=C(/B(c1ccccc1)c1ccccc1)c1ccccc1. The van der Waals surface area contributed by atoms with Crippen molar-refractivity contribution in [3.05, 3.63) is 204 Å². The summed E-state index contributed by atoms with van der Waals surface area (Å²) in [6.07, 6.45) is 7.17. The fourth-order valence-corrected chi connectivity index (χ4v) is 5.27. The average Bonchev–Trinajstić information content (AvgIpc) is 3.11. The van der Waals surface area contributed by atoms with Crippen molar-refractivity contribution in [1.82, 2.24) is 0 Å². The summed E-state index contributed by atoms with van der Waals surface area (Å²) < 4.78 is 6.31. The van der Waals surface area contributed by atoms with E-state index in [9.17, 15) is 9.90 Å². The first-order valence-corrected chi connectivity index (χ1v) is 14.8. The molecule has 5 heteroatoms. The van der Waals surface area contributed by atoms with E-state index < -0.39 is 5.97 Å². The summed E-state index contributed by atoms with van der Waals surface area (Å²) in [6.45, 7) is -0.289. The molecule has 1 N–H and O–H groups in total. The highest BCUT2D eigenvalue weighted by molar-refractivity contribution is 7.10. The Balaban J connectivity index is 1.49. The molecule has 0 saturated heterocycles. The first kappa shape index (κ1) is 29.2. The molecule has 0 atom stereocenters. The molecular weight excluding hydrogens is 553 g/mol. The molecular formula is C40H30BNO3. The predicted molar refractivity (Wildman–Crippen MR) is 185 cm³/mol. The van der Waals surface area contributed by atoms with Gasteiger partial charge in [0.1, 0.15) is 17.2 Å². The molecule has 1 heterocycles. The number of aliphatic carboxylic acids is 1. The zero-order valence-corrected chi connectivity index (χ0v) is 24.5. The molecule has 1 aliphatic heterocycles. The fourth-order valence-electron chi connectivity index (χ4n) is 5.27. The molecule has 0 bridgehead atoms. The molecule has 0 spiro atoms. The van der Waals surface area contributed by atoms with Gasteiger partial charge < -0.3 is 9.84 Å². The summed E-state index contributed by atoms with van der Waals surface area (Å²) in [6, 6.07) is 49.6. The Bertz CT molecular complexity index is 1820. The number of hydrogen-bond donors (Lipinski definition) is 1. The van der Waals surface area contributed by atoms with Gasteiger partial charge in [-0.1, -0.05) is 169 Å². The van der Waals surface area contributed by atoms with Crippen molar-refractivity contribution in [2.24, 2.45) is 4.99 Å². The van der Waals surface area contributed by atoms with Crippen LogP contribution in [0.2, 0.25) is 0 Å². The highest BCUT2D eigenvalue weighted by Crippen LogP contribution is 2.32. The topological polar surface area (TPSA) is 58.9 Å². The van der Waals surface area contributed by atoms with Crippen molar-refractivity contribution >= 4 is 40.7 Å². The van der Waals surface area contributed by atoms with E-state index >= 15 is 0 Å². The van der Waals surface area contributed by atoms with Crippen LogP contribution in [0.5, 0.6) is 0 Å². The lowest BCUT2D eigenvalue weighted by molar-refractivity contribution is -0.132. The maximum atomic E-state index is 12.7. The summed E-state index contributed by atoms with van der Waals surface area (Å²) >= 11 is 0. The molecule has 5 aromatic rings. The molecule has 0 fully saturated rings. The zero-order chi connectivity index (χ0) is 30.8. The largest absolute Gasteiger partial charge is 0.477 e. The van der Waals surface area contributed by atoms with Crippen molar-refractivity contribution in [3.8, 4) is 0 Å². The summed E-state index contributed by atoms with van der Waals surface area (Å²) in [5.41, 5.74) is 6.09. The minimum atomic E-state index is -1.12. The van der Waals surface area contributed by atoms with Gasteiger partial charge >= 0.3 is 5.97 Å². The first-order chi connectivity index (χ1) is 22.2. The number of allylic oxidation sites excluding steroid dienone is 5. The zero-order valence-electron chi connectivity index (χ0n) is 24.5. The number of carboxylic acid groups (broad SMARTS) is 1. The van der Waals surface area contributed by atoms with Crippen LogP contribution in [-0.4, -0.2) is 23.4 Å². The smallest absolute Gasteiger partial charge is 0.354 e. The number of carboxylic acids is 1. The van der Waals surface area contributed by atoms with Gasteiger partial charge in [0, 0.05) is 16.7 Å². The van der Waals surface area contributed by atoms with Crippen molar-refractivity contribution in [1.29, 1.82) is 0 Å². The van der Waals surface area contributed by atoms with Gasteiger partial charge in [-0.2, -0.15) is 0 Å². The van der Waals surface area contributed by atoms with Gasteiger partial charge in [0.2, 0.25) is 0 Å². The summed E-state index contributed by atoms with van der Waals surface area (Å²) in [5, 5.41) is 10.4. The molecule has 0 saturated carbocycles. The van der Waals surface area contributed by atoms with E-state index in [4.69, 9.17) is 9.73 Å². The Hall–Kier alpha value is -5.94. The Morgan fingerprint density at radius 3 is 1.47 bits per heavy atom. The van der Waals surface area contributed by atoms with Crippen molar-refractivity contribution in [2.75, 3.05) is 0 Å². The predicted octanol–water partition coefficient (Wildman–Crippen LogP) is 7.33. The maximum absolute atomic E-state index is 12.7. The van der Waals surface area contributed by atoms with Gasteiger partial charge in [-0.25, -0.2) is 4.79 Å². The second kappa shape index (κ2) is 14.0. The van der Waals surface area contributed by atoms with E-state index in [-0.39, 0.29) is 12.4 Å². The van der Waals surface area contributed by atoms with Crippen LogP contribution in [0.1, 0.15) is 16.7 Å². The second-order valence-corrected chi connectivity index (χ2v) is 10.5. The van der Waals surface area contributed by atoms with Gasteiger partial charge in [-0.05, 0) is 29.4 Å². The molecule has 1 aliphatic rings. The minimum Gasteiger partial charge on any atom is -0.477 e. The van der Waals surface area contributed by atoms with Gasteiger partial charge in [0.05, 0.1) is 0 Å². The number of nitrogens with zero attached hydrogens (tertiary/aromatic N) is 1. The summed E-state index contributed by atoms with van der Waals surface area (Å²) in [5.74, 6) is 0.233. The Morgan fingerprint density at radius 1 is 0.600 bits per heavy atom. The van der Waals surface area contributed by atoms with Gasteiger partial charge in [-0.15, -0.1) is 0 Å².